The third-order valence-electron chi connectivity index (χ3n) is 4.48. The predicted molar refractivity (Wildman–Crippen MR) is 113 cm³/mol. The molecule has 0 atom stereocenters. The summed E-state index contributed by atoms with van der Waals surface area (Å²) in [5.74, 6) is -0.148. The van der Waals surface area contributed by atoms with Crippen molar-refractivity contribution in [2.24, 2.45) is 0 Å². The Labute approximate surface area is 172 Å². The molecule has 0 aromatic carbocycles. The topological polar surface area (TPSA) is 63.1 Å². The van der Waals surface area contributed by atoms with E-state index in [-0.39, 0.29) is 18.2 Å². The van der Waals surface area contributed by atoms with Gasteiger partial charge >= 0.3 is 0 Å². The Bertz CT molecular complexity index is 700. The number of nitrogens with zero attached hydrogens (tertiary/aromatic N) is 1. The van der Waals surface area contributed by atoms with Crippen LogP contribution in [0.4, 0.5) is 0 Å². The number of ether oxygens (including phenoxy) is 1. The largest absolute Gasteiger partial charge is 0.370 e. The van der Waals surface area contributed by atoms with Crippen molar-refractivity contribution in [1.29, 1.82) is 0 Å². The number of amides is 2. The summed E-state index contributed by atoms with van der Waals surface area (Å²) in [6.07, 6.45) is 3.08. The maximum atomic E-state index is 12.5. The minimum absolute atomic E-state index is 0.0386. The fourth-order valence-electron chi connectivity index (χ4n) is 2.97. The minimum atomic E-state index is -0.109. The van der Waals surface area contributed by atoms with Crippen molar-refractivity contribution in [3.63, 3.8) is 0 Å². The van der Waals surface area contributed by atoms with E-state index in [0.29, 0.717) is 22.3 Å². The van der Waals surface area contributed by atoms with E-state index < -0.39 is 0 Å². The second-order valence-corrected chi connectivity index (χ2v) is 9.07. The van der Waals surface area contributed by atoms with E-state index >= 15 is 0 Å². The molecule has 2 aliphatic rings. The van der Waals surface area contributed by atoms with Crippen LogP contribution in [0.1, 0.15) is 17.7 Å². The molecule has 0 unspecified atom stereocenters. The van der Waals surface area contributed by atoms with Gasteiger partial charge in [0, 0.05) is 30.8 Å². The molecule has 9 heteroatoms. The molecule has 2 saturated heterocycles. The van der Waals surface area contributed by atoms with Gasteiger partial charge < -0.3 is 15.0 Å². The van der Waals surface area contributed by atoms with E-state index in [1.807, 2.05) is 23.6 Å². The Morgan fingerprint density at radius 1 is 1.41 bits per heavy atom. The Balaban J connectivity index is 1.37. The van der Waals surface area contributed by atoms with Crippen LogP contribution >= 0.6 is 35.3 Å². The lowest BCUT2D eigenvalue weighted by atomic mass is 10.3. The van der Waals surface area contributed by atoms with Gasteiger partial charge in [-0.05, 0) is 17.5 Å². The monoisotopic (exact) mass is 426 g/mol. The normalized spacial score (nSPS) is 19.9. The van der Waals surface area contributed by atoms with E-state index in [2.05, 4.69) is 5.32 Å². The van der Waals surface area contributed by atoms with Gasteiger partial charge in [-0.25, -0.2) is 0 Å². The van der Waals surface area contributed by atoms with Crippen LogP contribution in [0.25, 0.3) is 6.08 Å². The van der Waals surface area contributed by atoms with Crippen molar-refractivity contribution in [3.05, 3.63) is 27.3 Å². The fraction of sp³-hybridized carbons (Fsp3) is 0.500. The lowest BCUT2D eigenvalue weighted by Gasteiger charge is -2.23. The molecule has 2 aliphatic heterocycles. The van der Waals surface area contributed by atoms with Crippen LogP contribution in [0.15, 0.2) is 22.4 Å². The fourth-order valence-corrected chi connectivity index (χ4v) is 5.00. The summed E-state index contributed by atoms with van der Waals surface area (Å²) in [5, 5.41) is 4.91. The molecule has 2 fully saturated rings. The molecule has 3 rings (SSSR count). The van der Waals surface area contributed by atoms with Crippen LogP contribution in [0.3, 0.4) is 0 Å². The second kappa shape index (κ2) is 10.3. The van der Waals surface area contributed by atoms with Crippen LogP contribution in [-0.2, 0) is 14.3 Å². The number of carbonyl (C=O) groups is 2. The van der Waals surface area contributed by atoms with Crippen molar-refractivity contribution < 1.29 is 19.2 Å². The smallest absolute Gasteiger partial charge is 0.266 e. The molecule has 27 heavy (non-hydrogen) atoms. The Morgan fingerprint density at radius 2 is 2.22 bits per heavy atom. The average molecular weight is 427 g/mol. The van der Waals surface area contributed by atoms with Crippen LogP contribution in [0, 0.1) is 0 Å². The molecule has 6 nitrogen and oxygen atoms in total. The highest BCUT2D eigenvalue weighted by atomic mass is 32.2. The van der Waals surface area contributed by atoms with Gasteiger partial charge in [0.2, 0.25) is 5.91 Å². The zero-order valence-electron chi connectivity index (χ0n) is 15.1. The van der Waals surface area contributed by atoms with E-state index in [9.17, 15) is 9.59 Å². The van der Waals surface area contributed by atoms with Crippen molar-refractivity contribution >= 4 is 57.5 Å². The van der Waals surface area contributed by atoms with Gasteiger partial charge in [-0.2, -0.15) is 0 Å². The second-order valence-electron chi connectivity index (χ2n) is 6.41. The number of carbonyl (C=O) groups excluding carboxylic acids is 2. The number of quaternary nitrogens is 1. The summed E-state index contributed by atoms with van der Waals surface area (Å²) < 4.78 is 5.86. The Hall–Kier alpha value is -1.26. The summed E-state index contributed by atoms with van der Waals surface area (Å²) in [6.45, 7) is 5.78. The number of hydrogen-bond donors (Lipinski definition) is 2. The maximum Gasteiger partial charge on any atom is 0.266 e. The highest BCUT2D eigenvalue weighted by molar-refractivity contribution is 8.26. The zero-order valence-corrected chi connectivity index (χ0v) is 17.5. The Morgan fingerprint density at radius 3 is 2.96 bits per heavy atom. The molecule has 0 aliphatic carbocycles. The van der Waals surface area contributed by atoms with Gasteiger partial charge in [0.05, 0.1) is 24.7 Å². The molecule has 1 aromatic heterocycles. The first kappa shape index (κ1) is 20.5. The quantitative estimate of drug-likeness (QED) is 0.365. The van der Waals surface area contributed by atoms with E-state index in [1.54, 1.807) is 11.3 Å². The summed E-state index contributed by atoms with van der Waals surface area (Å²) in [6, 6.07) is 3.91. The highest BCUT2D eigenvalue weighted by Crippen LogP contribution is 2.33. The SMILES string of the molecule is O=C(CCN1C(=O)/C(=C\c2cccs2)SC1=S)NCCC[NH+]1CCOCC1. The van der Waals surface area contributed by atoms with Gasteiger partial charge in [-0.3, -0.25) is 14.5 Å². The molecular weight excluding hydrogens is 402 g/mol. The molecule has 2 N–H and O–H groups in total. The first-order valence-corrected chi connectivity index (χ1v) is 11.2. The number of nitrogens with one attached hydrogen (secondary N) is 2. The van der Waals surface area contributed by atoms with Gasteiger partial charge in [-0.1, -0.05) is 30.0 Å². The van der Waals surface area contributed by atoms with E-state index in [1.165, 1.54) is 21.6 Å². The molecule has 2 amide bonds. The standard InChI is InChI=1S/C18H23N3O3S3/c22-16(19-5-2-6-20-8-10-24-11-9-20)4-7-21-17(23)15(27-18(21)25)13-14-3-1-12-26-14/h1,3,12-13H,2,4-11H2,(H,19,22)/p+1/b15-13+. The van der Waals surface area contributed by atoms with Crippen LogP contribution in [0.2, 0.25) is 0 Å². The van der Waals surface area contributed by atoms with Gasteiger partial charge in [0.25, 0.3) is 5.91 Å². The van der Waals surface area contributed by atoms with Crippen molar-refractivity contribution in [2.75, 3.05) is 45.9 Å². The van der Waals surface area contributed by atoms with Crippen LogP contribution < -0.4 is 10.2 Å². The number of thioether (sulfide) groups is 1. The lowest BCUT2D eigenvalue weighted by Crippen LogP contribution is -3.14. The molecule has 0 saturated carbocycles. The van der Waals surface area contributed by atoms with Crippen LogP contribution in [0.5, 0.6) is 0 Å². The molecule has 0 radical (unpaired) electrons. The van der Waals surface area contributed by atoms with Crippen LogP contribution in [-0.4, -0.2) is 67.0 Å². The number of morpholine rings is 1. The summed E-state index contributed by atoms with van der Waals surface area (Å²) in [4.78, 5) is 29.3. The third kappa shape index (κ3) is 6.11. The highest BCUT2D eigenvalue weighted by Gasteiger charge is 2.32. The maximum absolute atomic E-state index is 12.5. The molecule has 0 bridgehead atoms. The average Bonchev–Trinajstić information content (AvgIpc) is 3.27. The first-order valence-electron chi connectivity index (χ1n) is 9.10. The summed E-state index contributed by atoms with van der Waals surface area (Å²) >= 11 is 8.18. The molecule has 1 aromatic rings. The van der Waals surface area contributed by atoms with Crippen molar-refractivity contribution in [3.8, 4) is 0 Å². The van der Waals surface area contributed by atoms with Crippen molar-refractivity contribution in [1.82, 2.24) is 10.2 Å². The molecule has 3 heterocycles. The van der Waals surface area contributed by atoms with Crippen molar-refractivity contribution in [2.45, 2.75) is 12.8 Å². The Kier molecular flexibility index (Phi) is 7.83. The number of thiocarbonyl (C=S) groups is 1. The first-order chi connectivity index (χ1) is 13.1. The molecule has 0 spiro atoms. The number of rotatable bonds is 8. The summed E-state index contributed by atoms with van der Waals surface area (Å²) in [7, 11) is 0. The number of thiophene rings is 1. The zero-order chi connectivity index (χ0) is 19.1. The molecular formula is C18H24N3O3S3+. The predicted octanol–water partition coefficient (Wildman–Crippen LogP) is 0.761. The minimum Gasteiger partial charge on any atom is -0.370 e. The van der Waals surface area contributed by atoms with E-state index in [0.717, 1.165) is 44.1 Å². The number of hydrogen-bond acceptors (Lipinski definition) is 6. The van der Waals surface area contributed by atoms with Gasteiger partial charge in [0.1, 0.15) is 17.4 Å². The third-order valence-corrected chi connectivity index (χ3v) is 6.68. The molecule has 146 valence electrons. The van der Waals surface area contributed by atoms with Gasteiger partial charge in [0.15, 0.2) is 0 Å². The lowest BCUT2D eigenvalue weighted by molar-refractivity contribution is -0.908. The van der Waals surface area contributed by atoms with E-state index in [4.69, 9.17) is 17.0 Å². The summed E-state index contributed by atoms with van der Waals surface area (Å²) in [5.41, 5.74) is 0. The van der Waals surface area contributed by atoms with Gasteiger partial charge in [-0.15, -0.1) is 11.3 Å².